The molecule has 18 heavy (non-hydrogen) atoms. The third-order valence-electron chi connectivity index (χ3n) is 2.58. The lowest BCUT2D eigenvalue weighted by Gasteiger charge is -2.08. The summed E-state index contributed by atoms with van der Waals surface area (Å²) in [7, 11) is 0. The Balaban J connectivity index is 2.04. The zero-order valence-electron chi connectivity index (χ0n) is 10.2. The Kier molecular flexibility index (Phi) is 3.89. The lowest BCUT2D eigenvalue weighted by Crippen LogP contribution is -2.02. The minimum Gasteiger partial charge on any atom is -0.484 e. The van der Waals surface area contributed by atoms with Crippen molar-refractivity contribution in [3.8, 4) is 5.75 Å². The molecule has 0 saturated heterocycles. The second-order valence-electron chi connectivity index (χ2n) is 4.08. The van der Waals surface area contributed by atoms with Crippen molar-refractivity contribution < 1.29 is 9.13 Å². The van der Waals surface area contributed by atoms with Crippen molar-refractivity contribution in [2.24, 2.45) is 5.73 Å². The maximum absolute atomic E-state index is 13.4. The number of nitrogens with two attached hydrogens (primary N) is 1. The average molecular weight is 246 g/mol. The van der Waals surface area contributed by atoms with Crippen LogP contribution in [0.15, 0.2) is 36.5 Å². The molecule has 3 nitrogen and oxygen atoms in total. The quantitative estimate of drug-likeness (QED) is 0.902. The largest absolute Gasteiger partial charge is 0.484 e. The fourth-order valence-electron chi connectivity index (χ4n) is 1.53. The lowest BCUT2D eigenvalue weighted by molar-refractivity contribution is 0.285. The number of rotatable bonds is 4. The molecule has 2 aromatic rings. The molecule has 0 spiro atoms. The summed E-state index contributed by atoms with van der Waals surface area (Å²) >= 11 is 0. The molecule has 0 unspecified atom stereocenters. The van der Waals surface area contributed by atoms with E-state index in [0.717, 1.165) is 16.8 Å². The number of benzene rings is 1. The maximum Gasteiger partial charge on any atom is 0.165 e. The van der Waals surface area contributed by atoms with Crippen LogP contribution in [0.4, 0.5) is 4.39 Å². The van der Waals surface area contributed by atoms with Gasteiger partial charge in [0.2, 0.25) is 0 Å². The van der Waals surface area contributed by atoms with Gasteiger partial charge in [-0.25, -0.2) is 4.39 Å². The van der Waals surface area contributed by atoms with E-state index < -0.39 is 0 Å². The number of aromatic nitrogens is 1. The van der Waals surface area contributed by atoms with Crippen molar-refractivity contribution in [3.63, 3.8) is 0 Å². The van der Waals surface area contributed by atoms with Crippen LogP contribution < -0.4 is 10.5 Å². The summed E-state index contributed by atoms with van der Waals surface area (Å²) in [5, 5.41) is 0. The number of hydrogen-bond donors (Lipinski definition) is 1. The minimum atomic E-state index is -0.362. The number of pyridine rings is 1. The van der Waals surface area contributed by atoms with E-state index in [9.17, 15) is 4.39 Å². The Hall–Kier alpha value is -1.94. The van der Waals surface area contributed by atoms with Gasteiger partial charge in [-0.15, -0.1) is 0 Å². The minimum absolute atomic E-state index is 0.241. The highest BCUT2D eigenvalue weighted by atomic mass is 19.1. The van der Waals surface area contributed by atoms with Crippen LogP contribution in [0.1, 0.15) is 16.8 Å². The summed E-state index contributed by atoms with van der Waals surface area (Å²) in [4.78, 5) is 4.19. The molecular formula is C14H15FN2O. The normalized spacial score (nSPS) is 10.4. The van der Waals surface area contributed by atoms with Crippen LogP contribution in [0.25, 0.3) is 0 Å². The first-order valence-electron chi connectivity index (χ1n) is 5.72. The topological polar surface area (TPSA) is 48.1 Å². The molecule has 94 valence electrons. The van der Waals surface area contributed by atoms with E-state index in [-0.39, 0.29) is 18.2 Å². The molecule has 0 aliphatic heterocycles. The molecular weight excluding hydrogens is 231 g/mol. The Morgan fingerprint density at radius 1 is 1.28 bits per heavy atom. The molecule has 2 rings (SSSR count). The number of ether oxygens (including phenoxy) is 1. The van der Waals surface area contributed by atoms with Crippen molar-refractivity contribution >= 4 is 0 Å². The van der Waals surface area contributed by atoms with Crippen LogP contribution >= 0.6 is 0 Å². The molecule has 1 heterocycles. The molecule has 1 aromatic carbocycles. The van der Waals surface area contributed by atoms with Crippen molar-refractivity contribution in [2.45, 2.75) is 20.1 Å². The van der Waals surface area contributed by atoms with Gasteiger partial charge in [-0.3, -0.25) is 4.98 Å². The van der Waals surface area contributed by atoms with E-state index in [1.807, 2.05) is 19.1 Å². The number of aryl methyl sites for hydroxylation is 1. The first-order chi connectivity index (χ1) is 8.69. The van der Waals surface area contributed by atoms with Gasteiger partial charge in [0.05, 0.1) is 5.69 Å². The highest BCUT2D eigenvalue weighted by molar-refractivity contribution is 5.29. The van der Waals surface area contributed by atoms with E-state index in [1.165, 1.54) is 6.07 Å². The second kappa shape index (κ2) is 5.60. The Bertz CT molecular complexity index is 526. The first kappa shape index (κ1) is 12.5. The predicted molar refractivity (Wildman–Crippen MR) is 67.6 cm³/mol. The first-order valence-corrected chi connectivity index (χ1v) is 5.72. The number of nitrogens with zero attached hydrogens (tertiary/aromatic N) is 1. The molecule has 0 radical (unpaired) electrons. The Morgan fingerprint density at radius 2 is 2.11 bits per heavy atom. The van der Waals surface area contributed by atoms with Crippen LogP contribution in [-0.4, -0.2) is 4.98 Å². The van der Waals surface area contributed by atoms with Crippen LogP contribution in [0, 0.1) is 12.7 Å². The van der Waals surface area contributed by atoms with E-state index in [4.69, 9.17) is 10.5 Å². The van der Waals surface area contributed by atoms with Gasteiger partial charge in [0.1, 0.15) is 6.61 Å². The van der Waals surface area contributed by atoms with E-state index in [2.05, 4.69) is 4.98 Å². The highest BCUT2D eigenvalue weighted by Gasteiger charge is 2.04. The lowest BCUT2D eigenvalue weighted by atomic mass is 10.2. The number of hydrogen-bond acceptors (Lipinski definition) is 3. The summed E-state index contributed by atoms with van der Waals surface area (Å²) in [6, 6.07) is 8.49. The molecule has 0 atom stereocenters. The van der Waals surface area contributed by atoms with Gasteiger partial charge in [-0.2, -0.15) is 0 Å². The second-order valence-corrected chi connectivity index (χ2v) is 4.08. The van der Waals surface area contributed by atoms with Crippen LogP contribution in [0.3, 0.4) is 0 Å². The monoisotopic (exact) mass is 246 g/mol. The summed E-state index contributed by atoms with van der Waals surface area (Å²) in [6.07, 6.45) is 1.70. The molecule has 0 aliphatic rings. The smallest absolute Gasteiger partial charge is 0.165 e. The summed E-state index contributed by atoms with van der Waals surface area (Å²) < 4.78 is 18.8. The Morgan fingerprint density at radius 3 is 2.78 bits per heavy atom. The zero-order valence-corrected chi connectivity index (χ0v) is 10.2. The summed E-state index contributed by atoms with van der Waals surface area (Å²) in [6.45, 7) is 2.59. The van der Waals surface area contributed by atoms with Gasteiger partial charge >= 0.3 is 0 Å². The van der Waals surface area contributed by atoms with Crippen molar-refractivity contribution in [1.29, 1.82) is 0 Å². The third kappa shape index (κ3) is 3.05. The number of halogens is 1. The molecule has 0 bridgehead atoms. The van der Waals surface area contributed by atoms with Crippen molar-refractivity contribution in [2.75, 3.05) is 0 Å². The average Bonchev–Trinajstić information content (AvgIpc) is 2.40. The standard InChI is InChI=1S/C14H15FN2O/c1-10-2-5-13(15)14(6-10)18-9-12-4-3-11(7-16)8-17-12/h2-6,8H,7,9,16H2,1H3. The van der Waals surface area contributed by atoms with Crippen LogP contribution in [0.5, 0.6) is 5.75 Å². The van der Waals surface area contributed by atoms with Gasteiger partial charge in [0, 0.05) is 12.7 Å². The Labute approximate surface area is 105 Å². The maximum atomic E-state index is 13.4. The molecule has 0 saturated carbocycles. The molecule has 0 aliphatic carbocycles. The summed E-state index contributed by atoms with van der Waals surface area (Å²) in [5.41, 5.74) is 8.14. The van der Waals surface area contributed by atoms with Crippen LogP contribution in [-0.2, 0) is 13.2 Å². The molecule has 2 N–H and O–H groups in total. The SMILES string of the molecule is Cc1ccc(F)c(OCc2ccc(CN)cn2)c1. The highest BCUT2D eigenvalue weighted by Crippen LogP contribution is 2.19. The van der Waals surface area contributed by atoms with Gasteiger partial charge < -0.3 is 10.5 Å². The van der Waals surface area contributed by atoms with Gasteiger partial charge in [-0.1, -0.05) is 12.1 Å². The van der Waals surface area contributed by atoms with Gasteiger partial charge in [-0.05, 0) is 36.2 Å². The summed E-state index contributed by atoms with van der Waals surface area (Å²) in [5.74, 6) is -0.112. The molecule has 0 fully saturated rings. The van der Waals surface area contributed by atoms with E-state index >= 15 is 0 Å². The molecule has 1 aromatic heterocycles. The van der Waals surface area contributed by atoms with Crippen LogP contribution in [0.2, 0.25) is 0 Å². The van der Waals surface area contributed by atoms with Crippen molar-refractivity contribution in [1.82, 2.24) is 4.98 Å². The molecule has 0 amide bonds. The van der Waals surface area contributed by atoms with Crippen molar-refractivity contribution in [3.05, 3.63) is 59.2 Å². The van der Waals surface area contributed by atoms with Gasteiger partial charge in [0.25, 0.3) is 0 Å². The van der Waals surface area contributed by atoms with E-state index in [1.54, 1.807) is 18.3 Å². The fourth-order valence-corrected chi connectivity index (χ4v) is 1.53. The zero-order chi connectivity index (χ0) is 13.0. The van der Waals surface area contributed by atoms with E-state index in [0.29, 0.717) is 6.54 Å². The van der Waals surface area contributed by atoms with Gasteiger partial charge in [0.15, 0.2) is 11.6 Å². The third-order valence-corrected chi connectivity index (χ3v) is 2.58. The molecule has 4 heteroatoms. The fraction of sp³-hybridized carbons (Fsp3) is 0.214. The predicted octanol–water partition coefficient (Wildman–Crippen LogP) is 2.57.